The fraction of sp³-hybridized carbons (Fsp3) is 0.160. The second kappa shape index (κ2) is 8.34. The van der Waals surface area contributed by atoms with Crippen LogP contribution < -0.4 is 0 Å². The van der Waals surface area contributed by atoms with Gasteiger partial charge in [0.2, 0.25) is 0 Å². The third-order valence-electron chi connectivity index (χ3n) is 5.43. The zero-order valence-electron chi connectivity index (χ0n) is 16.5. The molecule has 3 heterocycles. The summed E-state index contributed by atoms with van der Waals surface area (Å²) in [6.45, 7) is 2.69. The number of pyridine rings is 1. The van der Waals surface area contributed by atoms with Crippen molar-refractivity contribution in [1.29, 1.82) is 0 Å². The maximum absolute atomic E-state index is 6.29. The van der Waals surface area contributed by atoms with Gasteiger partial charge in [-0.15, -0.1) is 0 Å². The van der Waals surface area contributed by atoms with Crippen LogP contribution in [0, 0.1) is 0 Å². The van der Waals surface area contributed by atoms with Gasteiger partial charge in [0.05, 0.1) is 11.4 Å². The summed E-state index contributed by atoms with van der Waals surface area (Å²) >= 11 is 6.29. The molecule has 0 amide bonds. The lowest BCUT2D eigenvalue weighted by molar-refractivity contribution is 0.242. The van der Waals surface area contributed by atoms with E-state index in [2.05, 4.69) is 33.1 Å². The molecule has 1 aliphatic rings. The Labute approximate surface area is 181 Å². The van der Waals surface area contributed by atoms with Gasteiger partial charge in [0.25, 0.3) is 0 Å². The molecule has 4 aromatic rings. The molecule has 0 spiro atoms. The largest absolute Gasteiger partial charge is 0.294 e. The predicted octanol–water partition coefficient (Wildman–Crippen LogP) is 5.42. The molecule has 2 aromatic heterocycles. The van der Waals surface area contributed by atoms with Crippen LogP contribution in [0.3, 0.4) is 0 Å². The molecular formula is C25H21ClN4. The highest BCUT2D eigenvalue weighted by atomic mass is 35.5. The van der Waals surface area contributed by atoms with Crippen LogP contribution in [-0.2, 0) is 19.5 Å². The maximum atomic E-state index is 6.29. The zero-order valence-corrected chi connectivity index (χ0v) is 17.3. The Morgan fingerprint density at radius 3 is 2.50 bits per heavy atom. The average Bonchev–Trinajstić information content (AvgIpc) is 2.80. The van der Waals surface area contributed by atoms with E-state index in [1.165, 1.54) is 11.1 Å². The molecule has 0 saturated heterocycles. The van der Waals surface area contributed by atoms with Gasteiger partial charge >= 0.3 is 0 Å². The van der Waals surface area contributed by atoms with Gasteiger partial charge in [0.15, 0.2) is 5.82 Å². The summed E-state index contributed by atoms with van der Waals surface area (Å²) in [7, 11) is 0. The van der Waals surface area contributed by atoms with Crippen molar-refractivity contribution in [3.63, 3.8) is 0 Å². The van der Waals surface area contributed by atoms with E-state index in [0.717, 1.165) is 59.4 Å². The van der Waals surface area contributed by atoms with Crippen molar-refractivity contribution in [3.8, 4) is 22.6 Å². The molecular weight excluding hydrogens is 392 g/mol. The molecule has 0 bridgehead atoms. The van der Waals surface area contributed by atoms with Crippen molar-refractivity contribution in [2.75, 3.05) is 6.54 Å². The summed E-state index contributed by atoms with van der Waals surface area (Å²) in [4.78, 5) is 16.5. The van der Waals surface area contributed by atoms with Crippen LogP contribution in [0.4, 0.5) is 0 Å². The number of rotatable bonds is 4. The minimum Gasteiger partial charge on any atom is -0.294 e. The molecule has 0 aliphatic carbocycles. The third-order valence-corrected chi connectivity index (χ3v) is 5.76. The lowest BCUT2D eigenvalue weighted by Crippen LogP contribution is -2.31. The number of hydrogen-bond donors (Lipinski definition) is 0. The van der Waals surface area contributed by atoms with Crippen LogP contribution in [0.2, 0.25) is 5.02 Å². The number of nitrogens with zero attached hydrogens (tertiary/aromatic N) is 4. The van der Waals surface area contributed by atoms with E-state index < -0.39 is 0 Å². The van der Waals surface area contributed by atoms with E-state index in [-0.39, 0.29) is 0 Å². The van der Waals surface area contributed by atoms with Crippen LogP contribution in [0.1, 0.15) is 16.8 Å². The Morgan fingerprint density at radius 1 is 0.867 bits per heavy atom. The van der Waals surface area contributed by atoms with E-state index in [4.69, 9.17) is 16.6 Å². The highest BCUT2D eigenvalue weighted by Crippen LogP contribution is 2.26. The van der Waals surface area contributed by atoms with Gasteiger partial charge in [0, 0.05) is 60.2 Å². The highest BCUT2D eigenvalue weighted by Gasteiger charge is 2.19. The summed E-state index contributed by atoms with van der Waals surface area (Å²) in [5.41, 5.74) is 6.48. The van der Waals surface area contributed by atoms with Gasteiger partial charge in [-0.1, -0.05) is 66.2 Å². The lowest BCUT2D eigenvalue weighted by Gasteiger charge is -2.28. The fourth-order valence-corrected chi connectivity index (χ4v) is 4.07. The Hall–Kier alpha value is -3.08. The summed E-state index contributed by atoms with van der Waals surface area (Å²) in [6.07, 6.45) is 4.86. The van der Waals surface area contributed by atoms with Crippen molar-refractivity contribution in [3.05, 3.63) is 101 Å². The van der Waals surface area contributed by atoms with Gasteiger partial charge < -0.3 is 0 Å². The summed E-state index contributed by atoms with van der Waals surface area (Å²) in [6, 6.07) is 22.1. The average molecular weight is 413 g/mol. The first-order valence-electron chi connectivity index (χ1n) is 10.1. The molecule has 1 aliphatic heterocycles. The summed E-state index contributed by atoms with van der Waals surface area (Å²) < 4.78 is 0. The van der Waals surface area contributed by atoms with Crippen LogP contribution in [0.25, 0.3) is 22.6 Å². The molecule has 5 heteroatoms. The van der Waals surface area contributed by atoms with Gasteiger partial charge in [-0.25, -0.2) is 9.97 Å². The van der Waals surface area contributed by atoms with E-state index in [1.54, 1.807) is 0 Å². The van der Waals surface area contributed by atoms with Crippen molar-refractivity contribution in [2.24, 2.45) is 0 Å². The molecule has 30 heavy (non-hydrogen) atoms. The minimum absolute atomic E-state index is 0.722. The molecule has 2 aromatic carbocycles. The summed E-state index contributed by atoms with van der Waals surface area (Å²) in [5.74, 6) is 0.808. The monoisotopic (exact) mass is 412 g/mol. The lowest BCUT2D eigenvalue weighted by atomic mass is 10.1. The Balaban J connectivity index is 1.28. The fourth-order valence-electron chi connectivity index (χ4n) is 3.84. The smallest absolute Gasteiger partial charge is 0.159 e. The standard InChI is InChI=1S/C25H21ClN4/c26-22-9-5-4-8-21(22)24-11-10-18(14-27-24)16-30-13-12-23-20(17-30)15-28-25(29-23)19-6-2-1-3-7-19/h1-11,14-15H,12-13,16-17H2. The van der Waals surface area contributed by atoms with E-state index in [1.807, 2.05) is 60.9 Å². The van der Waals surface area contributed by atoms with Gasteiger partial charge in [-0.3, -0.25) is 9.88 Å². The van der Waals surface area contributed by atoms with E-state index in [9.17, 15) is 0 Å². The van der Waals surface area contributed by atoms with Gasteiger partial charge in [-0.05, 0) is 17.7 Å². The van der Waals surface area contributed by atoms with Crippen molar-refractivity contribution in [1.82, 2.24) is 19.9 Å². The number of halogens is 1. The highest BCUT2D eigenvalue weighted by molar-refractivity contribution is 6.33. The predicted molar refractivity (Wildman–Crippen MR) is 120 cm³/mol. The SMILES string of the molecule is Clc1ccccc1-c1ccc(CN2CCc3nc(-c4ccccc4)ncc3C2)cn1. The molecule has 0 fully saturated rings. The minimum atomic E-state index is 0.722. The molecule has 0 unspecified atom stereocenters. The van der Waals surface area contributed by atoms with Crippen LogP contribution in [0.15, 0.2) is 79.1 Å². The number of fused-ring (bicyclic) bond motifs is 1. The first-order valence-corrected chi connectivity index (χ1v) is 10.5. The quantitative estimate of drug-likeness (QED) is 0.449. The molecule has 0 atom stereocenters. The van der Waals surface area contributed by atoms with Crippen molar-refractivity contribution < 1.29 is 0 Å². The Bertz CT molecular complexity index is 1160. The van der Waals surface area contributed by atoms with Gasteiger partial charge in [-0.2, -0.15) is 0 Å². The Kier molecular flexibility index (Phi) is 5.26. The molecule has 0 radical (unpaired) electrons. The molecule has 148 valence electrons. The number of hydrogen-bond acceptors (Lipinski definition) is 4. The van der Waals surface area contributed by atoms with E-state index in [0.29, 0.717) is 0 Å². The molecule has 0 saturated carbocycles. The summed E-state index contributed by atoms with van der Waals surface area (Å²) in [5, 5.41) is 0.722. The molecule has 0 N–H and O–H groups in total. The second-order valence-corrected chi connectivity index (χ2v) is 7.93. The molecule has 4 nitrogen and oxygen atoms in total. The van der Waals surface area contributed by atoms with Crippen LogP contribution in [-0.4, -0.2) is 26.4 Å². The van der Waals surface area contributed by atoms with Crippen LogP contribution in [0.5, 0.6) is 0 Å². The maximum Gasteiger partial charge on any atom is 0.159 e. The third kappa shape index (κ3) is 3.97. The first-order chi connectivity index (χ1) is 14.8. The number of aromatic nitrogens is 3. The van der Waals surface area contributed by atoms with Crippen molar-refractivity contribution in [2.45, 2.75) is 19.5 Å². The first kappa shape index (κ1) is 18.9. The zero-order chi connectivity index (χ0) is 20.3. The van der Waals surface area contributed by atoms with Gasteiger partial charge in [0.1, 0.15) is 0 Å². The van der Waals surface area contributed by atoms with Crippen molar-refractivity contribution >= 4 is 11.6 Å². The normalized spacial score (nSPS) is 13.8. The van der Waals surface area contributed by atoms with Crippen LogP contribution >= 0.6 is 11.6 Å². The second-order valence-electron chi connectivity index (χ2n) is 7.52. The van der Waals surface area contributed by atoms with E-state index >= 15 is 0 Å². The topological polar surface area (TPSA) is 41.9 Å². The number of benzene rings is 2. The molecule has 5 rings (SSSR count). The Morgan fingerprint density at radius 2 is 1.70 bits per heavy atom.